The third-order valence-electron chi connectivity index (χ3n) is 6.90. The van der Waals surface area contributed by atoms with Gasteiger partial charge in [0.2, 0.25) is 0 Å². The van der Waals surface area contributed by atoms with Gasteiger partial charge in [-0.3, -0.25) is 9.78 Å². The Hall–Kier alpha value is -2.81. The summed E-state index contributed by atoms with van der Waals surface area (Å²) < 4.78 is 11.9. The zero-order valence-corrected chi connectivity index (χ0v) is 19.9. The molecule has 3 N–H and O–H groups in total. The zero-order chi connectivity index (χ0) is 23.5. The van der Waals surface area contributed by atoms with Crippen LogP contribution in [0.25, 0.3) is 22.0 Å². The van der Waals surface area contributed by atoms with Gasteiger partial charge in [-0.15, -0.1) is 0 Å². The van der Waals surface area contributed by atoms with E-state index >= 15 is 0 Å². The normalized spacial score (nSPS) is 21.6. The van der Waals surface area contributed by atoms with Crippen molar-refractivity contribution in [2.24, 2.45) is 5.92 Å². The number of pyridine rings is 3. The molecule has 8 heteroatoms. The SMILES string of the molecule is Cc1cncc(-c2cnc(N[C@@H]3CCNC[C@H]3OCC3CCOCC3)c3[nH]c(=O)c(C)cc23)c1. The highest BCUT2D eigenvalue weighted by Crippen LogP contribution is 2.31. The Morgan fingerprint density at radius 1 is 1.15 bits per heavy atom. The lowest BCUT2D eigenvalue weighted by molar-refractivity contribution is -0.0222. The third kappa shape index (κ3) is 4.99. The summed E-state index contributed by atoms with van der Waals surface area (Å²) in [7, 11) is 0. The maximum Gasteiger partial charge on any atom is 0.251 e. The molecule has 180 valence electrons. The molecule has 0 bridgehead atoms. The highest BCUT2D eigenvalue weighted by Gasteiger charge is 2.28. The lowest BCUT2D eigenvalue weighted by Crippen LogP contribution is -2.49. The molecule has 2 saturated heterocycles. The number of aryl methyl sites for hydroxylation is 2. The summed E-state index contributed by atoms with van der Waals surface area (Å²) in [5.41, 5.74) is 4.30. The number of H-pyrrole nitrogens is 1. The Balaban J connectivity index is 1.44. The molecule has 2 aliphatic heterocycles. The summed E-state index contributed by atoms with van der Waals surface area (Å²) >= 11 is 0. The van der Waals surface area contributed by atoms with Gasteiger partial charge in [0, 0.05) is 60.4 Å². The predicted octanol–water partition coefficient (Wildman–Crippen LogP) is 3.19. The molecule has 8 nitrogen and oxygen atoms in total. The first-order valence-corrected chi connectivity index (χ1v) is 12.2. The fraction of sp³-hybridized carbons (Fsp3) is 0.500. The molecule has 0 amide bonds. The maximum atomic E-state index is 12.6. The molecule has 2 fully saturated rings. The minimum absolute atomic E-state index is 0.0336. The van der Waals surface area contributed by atoms with Crippen LogP contribution in [0.3, 0.4) is 0 Å². The first-order chi connectivity index (χ1) is 16.6. The Labute approximate surface area is 199 Å². The smallest absolute Gasteiger partial charge is 0.251 e. The van der Waals surface area contributed by atoms with Gasteiger partial charge < -0.3 is 25.1 Å². The minimum Gasteiger partial charge on any atom is -0.381 e. The number of fused-ring (bicyclic) bond motifs is 1. The number of aromatic nitrogens is 3. The third-order valence-corrected chi connectivity index (χ3v) is 6.90. The first-order valence-electron chi connectivity index (χ1n) is 12.2. The zero-order valence-electron chi connectivity index (χ0n) is 19.9. The van der Waals surface area contributed by atoms with Crippen molar-refractivity contribution in [1.29, 1.82) is 0 Å². The Bertz CT molecular complexity index is 1200. The van der Waals surface area contributed by atoms with E-state index in [1.807, 2.05) is 38.5 Å². The lowest BCUT2D eigenvalue weighted by atomic mass is 9.99. The second kappa shape index (κ2) is 10.2. The van der Waals surface area contributed by atoms with Crippen LogP contribution in [-0.2, 0) is 9.47 Å². The van der Waals surface area contributed by atoms with E-state index in [0.29, 0.717) is 17.3 Å². The van der Waals surface area contributed by atoms with Gasteiger partial charge in [-0.1, -0.05) is 0 Å². The van der Waals surface area contributed by atoms with Gasteiger partial charge >= 0.3 is 0 Å². The molecule has 2 atom stereocenters. The molecule has 5 heterocycles. The van der Waals surface area contributed by atoms with E-state index in [2.05, 4.69) is 26.7 Å². The van der Waals surface area contributed by atoms with E-state index in [1.54, 1.807) is 0 Å². The van der Waals surface area contributed by atoms with E-state index in [4.69, 9.17) is 14.5 Å². The van der Waals surface area contributed by atoms with Crippen LogP contribution in [0.4, 0.5) is 5.82 Å². The lowest BCUT2D eigenvalue weighted by Gasteiger charge is -2.34. The van der Waals surface area contributed by atoms with Crippen LogP contribution in [0.15, 0.2) is 35.5 Å². The van der Waals surface area contributed by atoms with Crippen LogP contribution in [0.2, 0.25) is 0 Å². The fourth-order valence-corrected chi connectivity index (χ4v) is 4.86. The van der Waals surface area contributed by atoms with Crippen LogP contribution >= 0.6 is 0 Å². The highest BCUT2D eigenvalue weighted by molar-refractivity contribution is 5.99. The molecule has 0 saturated carbocycles. The second-order valence-corrected chi connectivity index (χ2v) is 9.51. The molecule has 5 rings (SSSR count). The number of piperidine rings is 1. The van der Waals surface area contributed by atoms with Crippen molar-refractivity contribution in [3.05, 3.63) is 52.2 Å². The van der Waals surface area contributed by atoms with Gasteiger partial charge in [-0.2, -0.15) is 0 Å². The topological polar surface area (TPSA) is 101 Å². The predicted molar refractivity (Wildman–Crippen MR) is 133 cm³/mol. The van der Waals surface area contributed by atoms with Gasteiger partial charge in [0.25, 0.3) is 5.56 Å². The first kappa shape index (κ1) is 23.0. The molecule has 0 radical (unpaired) electrons. The molecule has 0 spiro atoms. The van der Waals surface area contributed by atoms with Crippen molar-refractivity contribution < 1.29 is 9.47 Å². The van der Waals surface area contributed by atoms with Crippen LogP contribution in [0.5, 0.6) is 0 Å². The molecule has 0 unspecified atom stereocenters. The van der Waals surface area contributed by atoms with Gasteiger partial charge in [-0.25, -0.2) is 4.98 Å². The molecule has 2 aliphatic rings. The monoisotopic (exact) mass is 463 g/mol. The van der Waals surface area contributed by atoms with Crippen molar-refractivity contribution in [1.82, 2.24) is 20.3 Å². The van der Waals surface area contributed by atoms with Crippen LogP contribution in [0, 0.1) is 19.8 Å². The molecular formula is C26H33N5O3. The molecule has 3 aromatic rings. The van der Waals surface area contributed by atoms with Crippen LogP contribution in [0.1, 0.15) is 30.4 Å². The van der Waals surface area contributed by atoms with E-state index in [9.17, 15) is 4.79 Å². The van der Waals surface area contributed by atoms with E-state index in [1.165, 1.54) is 0 Å². The Morgan fingerprint density at radius 3 is 2.82 bits per heavy atom. The largest absolute Gasteiger partial charge is 0.381 e. The second-order valence-electron chi connectivity index (χ2n) is 9.51. The van der Waals surface area contributed by atoms with Gasteiger partial charge in [-0.05, 0) is 63.3 Å². The van der Waals surface area contributed by atoms with E-state index < -0.39 is 0 Å². The summed E-state index contributed by atoms with van der Waals surface area (Å²) in [5, 5.41) is 8.02. The fourth-order valence-electron chi connectivity index (χ4n) is 4.86. The molecule has 0 aliphatic carbocycles. The standard InChI is InChI=1S/C26H33N5O3/c1-16-9-19(12-28-11-16)21-13-29-25(24-20(21)10-17(2)26(32)31-24)30-22-3-6-27-14-23(22)34-15-18-4-7-33-8-5-18/h9-13,18,22-23,27H,3-8,14-15H2,1-2H3,(H,29,30)(H,31,32)/t22-,23-/m1/s1. The van der Waals surface area contributed by atoms with E-state index in [-0.39, 0.29) is 17.7 Å². The van der Waals surface area contributed by atoms with Crippen molar-refractivity contribution in [3.8, 4) is 11.1 Å². The number of nitrogens with zero attached hydrogens (tertiary/aromatic N) is 2. The number of anilines is 1. The van der Waals surface area contributed by atoms with Crippen molar-refractivity contribution in [2.45, 2.75) is 45.3 Å². The summed E-state index contributed by atoms with van der Waals surface area (Å²) in [6, 6.07) is 4.14. The van der Waals surface area contributed by atoms with Crippen molar-refractivity contribution in [3.63, 3.8) is 0 Å². The van der Waals surface area contributed by atoms with Crippen molar-refractivity contribution >= 4 is 16.7 Å². The summed E-state index contributed by atoms with van der Waals surface area (Å²) in [6.07, 6.45) is 8.61. The minimum atomic E-state index is -0.102. The number of hydrogen-bond acceptors (Lipinski definition) is 7. The summed E-state index contributed by atoms with van der Waals surface area (Å²) in [5.74, 6) is 1.24. The average Bonchev–Trinajstić information content (AvgIpc) is 2.85. The van der Waals surface area contributed by atoms with Crippen LogP contribution < -0.4 is 16.2 Å². The number of aromatic amines is 1. The van der Waals surface area contributed by atoms with Crippen molar-refractivity contribution in [2.75, 3.05) is 38.2 Å². The van der Waals surface area contributed by atoms with Crippen LogP contribution in [-0.4, -0.2) is 60.0 Å². The summed E-state index contributed by atoms with van der Waals surface area (Å²) in [6.45, 7) is 7.95. The van der Waals surface area contributed by atoms with Gasteiger partial charge in [0.05, 0.1) is 24.3 Å². The maximum absolute atomic E-state index is 12.6. The van der Waals surface area contributed by atoms with Gasteiger partial charge in [0.1, 0.15) is 0 Å². The molecule has 0 aromatic carbocycles. The quantitative estimate of drug-likeness (QED) is 0.516. The number of hydrogen-bond donors (Lipinski definition) is 3. The molecule has 34 heavy (non-hydrogen) atoms. The Morgan fingerprint density at radius 2 is 2.00 bits per heavy atom. The Kier molecular flexibility index (Phi) is 6.89. The number of rotatable bonds is 6. The van der Waals surface area contributed by atoms with Gasteiger partial charge in [0.15, 0.2) is 5.82 Å². The summed E-state index contributed by atoms with van der Waals surface area (Å²) in [4.78, 5) is 24.7. The molecular weight excluding hydrogens is 430 g/mol. The number of ether oxygens (including phenoxy) is 2. The highest BCUT2D eigenvalue weighted by atomic mass is 16.5. The average molecular weight is 464 g/mol. The number of nitrogens with one attached hydrogen (secondary N) is 3. The van der Waals surface area contributed by atoms with E-state index in [0.717, 1.165) is 79.8 Å². The molecule has 3 aromatic heterocycles.